The maximum atomic E-state index is 8.81. The van der Waals surface area contributed by atoms with Crippen molar-refractivity contribution in [2.45, 2.75) is 24.8 Å². The SMILES string of the molecule is CC=O.CN1CCN(Sc2ccc3c(c2)CN(C)CC3)CC1. The molecule has 0 unspecified atom stereocenters. The standard InChI is InChI=1S/C15H23N3S.C2H4O/c1-16-7-9-18(10-8-16)19-15-4-3-13-5-6-17(2)12-14(13)11-15;1-2-3/h3-4,11H,5-10,12H2,1-2H3;2H,1H3. The first-order chi connectivity index (χ1) is 10.6. The molecule has 0 aliphatic carbocycles. The van der Waals surface area contributed by atoms with E-state index in [2.05, 4.69) is 46.4 Å². The van der Waals surface area contributed by atoms with Gasteiger partial charge in [0.25, 0.3) is 0 Å². The first-order valence-electron chi connectivity index (χ1n) is 7.94. The summed E-state index contributed by atoms with van der Waals surface area (Å²) in [6.45, 7) is 8.43. The molecule has 0 atom stereocenters. The topological polar surface area (TPSA) is 26.8 Å². The molecule has 5 heteroatoms. The van der Waals surface area contributed by atoms with Gasteiger partial charge >= 0.3 is 0 Å². The van der Waals surface area contributed by atoms with Crippen LogP contribution in [0.4, 0.5) is 0 Å². The zero-order valence-electron chi connectivity index (χ0n) is 13.9. The summed E-state index contributed by atoms with van der Waals surface area (Å²) in [5, 5.41) is 0. The van der Waals surface area contributed by atoms with Crippen molar-refractivity contribution in [3.05, 3.63) is 29.3 Å². The molecule has 0 spiro atoms. The highest BCUT2D eigenvalue weighted by Gasteiger charge is 2.17. The molecular weight excluding hydrogens is 294 g/mol. The molecule has 0 aromatic heterocycles. The van der Waals surface area contributed by atoms with Gasteiger partial charge in [-0.3, -0.25) is 0 Å². The Morgan fingerprint density at radius 3 is 2.36 bits per heavy atom. The monoisotopic (exact) mass is 321 g/mol. The Morgan fingerprint density at radius 1 is 1.00 bits per heavy atom. The van der Waals surface area contributed by atoms with Crippen LogP contribution in [0.5, 0.6) is 0 Å². The fourth-order valence-corrected chi connectivity index (χ4v) is 3.73. The fourth-order valence-electron chi connectivity index (χ4n) is 2.76. The summed E-state index contributed by atoms with van der Waals surface area (Å²) < 4.78 is 2.49. The third-order valence-electron chi connectivity index (χ3n) is 4.08. The third-order valence-corrected chi connectivity index (χ3v) is 5.17. The van der Waals surface area contributed by atoms with Crippen LogP contribution in [-0.4, -0.2) is 67.2 Å². The van der Waals surface area contributed by atoms with Gasteiger partial charge in [-0.2, -0.15) is 0 Å². The van der Waals surface area contributed by atoms with Crippen molar-refractivity contribution in [2.75, 3.05) is 46.8 Å². The minimum Gasteiger partial charge on any atom is -0.304 e. The second-order valence-electron chi connectivity index (χ2n) is 5.98. The van der Waals surface area contributed by atoms with Gasteiger partial charge in [0.1, 0.15) is 6.29 Å². The van der Waals surface area contributed by atoms with Crippen LogP contribution < -0.4 is 0 Å². The predicted molar refractivity (Wildman–Crippen MR) is 93.1 cm³/mol. The average Bonchev–Trinajstić information content (AvgIpc) is 2.50. The summed E-state index contributed by atoms with van der Waals surface area (Å²) in [6, 6.07) is 7.03. The minimum absolute atomic E-state index is 0.750. The molecule has 1 aromatic carbocycles. The van der Waals surface area contributed by atoms with Crippen LogP contribution in [0.3, 0.4) is 0 Å². The molecule has 2 aliphatic rings. The fraction of sp³-hybridized carbons (Fsp3) is 0.588. The molecule has 2 heterocycles. The Balaban J connectivity index is 0.000000545. The second-order valence-corrected chi connectivity index (χ2v) is 7.15. The van der Waals surface area contributed by atoms with E-state index in [1.807, 2.05) is 11.9 Å². The Hall–Kier alpha value is -0.880. The molecule has 4 nitrogen and oxygen atoms in total. The molecule has 0 radical (unpaired) electrons. The summed E-state index contributed by atoms with van der Waals surface area (Å²) in [6.07, 6.45) is 1.95. The van der Waals surface area contributed by atoms with E-state index in [-0.39, 0.29) is 0 Å². The molecule has 3 rings (SSSR count). The van der Waals surface area contributed by atoms with Crippen LogP contribution in [0.1, 0.15) is 18.1 Å². The highest BCUT2D eigenvalue weighted by Crippen LogP contribution is 2.28. The summed E-state index contributed by atoms with van der Waals surface area (Å²) in [5.74, 6) is 0. The lowest BCUT2D eigenvalue weighted by molar-refractivity contribution is -0.106. The number of rotatable bonds is 2. The summed E-state index contributed by atoms with van der Waals surface area (Å²) >= 11 is 1.93. The maximum absolute atomic E-state index is 8.81. The number of benzene rings is 1. The van der Waals surface area contributed by atoms with Gasteiger partial charge in [-0.25, -0.2) is 4.31 Å². The van der Waals surface area contributed by atoms with Gasteiger partial charge in [-0.1, -0.05) is 6.07 Å². The van der Waals surface area contributed by atoms with Crippen LogP contribution in [-0.2, 0) is 17.8 Å². The molecule has 122 valence electrons. The van der Waals surface area contributed by atoms with Crippen LogP contribution >= 0.6 is 11.9 Å². The van der Waals surface area contributed by atoms with Crippen molar-refractivity contribution < 1.29 is 4.79 Å². The highest BCUT2D eigenvalue weighted by molar-refractivity contribution is 7.97. The number of likely N-dealkylation sites (N-methyl/N-ethyl adjacent to an activating group) is 2. The number of carbonyl (C=O) groups excluding carboxylic acids is 1. The van der Waals surface area contributed by atoms with E-state index >= 15 is 0 Å². The van der Waals surface area contributed by atoms with Crippen LogP contribution in [0.25, 0.3) is 0 Å². The van der Waals surface area contributed by atoms with Crippen LogP contribution in [0.2, 0.25) is 0 Å². The average molecular weight is 321 g/mol. The van der Waals surface area contributed by atoms with Gasteiger partial charge in [0.2, 0.25) is 0 Å². The number of hydrogen-bond donors (Lipinski definition) is 0. The van der Waals surface area contributed by atoms with E-state index in [0.29, 0.717) is 0 Å². The smallest absolute Gasteiger partial charge is 0.116 e. The molecule has 1 aromatic rings. The summed E-state index contributed by atoms with van der Waals surface area (Å²) in [4.78, 5) is 15.0. The number of carbonyl (C=O) groups is 1. The maximum Gasteiger partial charge on any atom is 0.116 e. The Kier molecular flexibility index (Phi) is 6.89. The van der Waals surface area contributed by atoms with Crippen molar-refractivity contribution in [1.29, 1.82) is 0 Å². The number of hydrogen-bond acceptors (Lipinski definition) is 5. The van der Waals surface area contributed by atoms with Gasteiger partial charge in [0.05, 0.1) is 0 Å². The van der Waals surface area contributed by atoms with Gasteiger partial charge < -0.3 is 14.6 Å². The van der Waals surface area contributed by atoms with Crippen molar-refractivity contribution >= 4 is 18.2 Å². The normalized spacial score (nSPS) is 20.0. The Morgan fingerprint density at radius 2 is 1.68 bits per heavy atom. The minimum atomic E-state index is 0.750. The summed E-state index contributed by atoms with van der Waals surface area (Å²) in [5.41, 5.74) is 3.06. The lowest BCUT2D eigenvalue weighted by Crippen LogP contribution is -2.41. The molecule has 1 fully saturated rings. The Labute approximate surface area is 138 Å². The second kappa shape index (κ2) is 8.67. The largest absolute Gasteiger partial charge is 0.304 e. The lowest BCUT2D eigenvalue weighted by Gasteiger charge is -2.31. The van der Waals surface area contributed by atoms with Gasteiger partial charge in [0.15, 0.2) is 0 Å². The number of piperazine rings is 1. The van der Waals surface area contributed by atoms with E-state index in [1.54, 1.807) is 5.56 Å². The van der Waals surface area contributed by atoms with E-state index in [9.17, 15) is 0 Å². The van der Waals surface area contributed by atoms with Crippen molar-refractivity contribution in [3.8, 4) is 0 Å². The van der Waals surface area contributed by atoms with E-state index in [1.165, 1.54) is 43.4 Å². The molecule has 22 heavy (non-hydrogen) atoms. The molecule has 1 saturated heterocycles. The quantitative estimate of drug-likeness (QED) is 0.614. The lowest BCUT2D eigenvalue weighted by atomic mass is 10.0. The third kappa shape index (κ3) is 5.09. The van der Waals surface area contributed by atoms with Crippen molar-refractivity contribution in [3.63, 3.8) is 0 Å². The first kappa shape index (κ1) is 17.5. The zero-order valence-corrected chi connectivity index (χ0v) is 14.7. The van der Waals surface area contributed by atoms with E-state index < -0.39 is 0 Å². The Bertz CT molecular complexity index is 487. The molecule has 0 bridgehead atoms. The molecule has 0 N–H and O–H groups in total. The number of fused-ring (bicyclic) bond motifs is 1. The number of nitrogens with zero attached hydrogens (tertiary/aromatic N) is 3. The molecular formula is C17H27N3OS. The molecule has 2 aliphatic heterocycles. The van der Waals surface area contributed by atoms with E-state index in [4.69, 9.17) is 4.79 Å². The van der Waals surface area contributed by atoms with E-state index in [0.717, 1.165) is 25.9 Å². The number of aldehydes is 1. The highest BCUT2D eigenvalue weighted by atomic mass is 32.2. The van der Waals surface area contributed by atoms with Gasteiger partial charge in [-0.05, 0) is 62.6 Å². The van der Waals surface area contributed by atoms with Gasteiger partial charge in [0, 0.05) is 44.2 Å². The van der Waals surface area contributed by atoms with Crippen LogP contribution in [0.15, 0.2) is 23.1 Å². The van der Waals surface area contributed by atoms with Crippen molar-refractivity contribution in [2.24, 2.45) is 0 Å². The zero-order chi connectivity index (χ0) is 15.9. The van der Waals surface area contributed by atoms with Crippen molar-refractivity contribution in [1.82, 2.24) is 14.1 Å². The molecule has 0 saturated carbocycles. The first-order valence-corrected chi connectivity index (χ1v) is 8.71. The predicted octanol–water partition coefficient (Wildman–Crippen LogP) is 2.13. The molecule has 0 amide bonds. The summed E-state index contributed by atoms with van der Waals surface area (Å²) in [7, 11) is 4.42. The van der Waals surface area contributed by atoms with Gasteiger partial charge in [-0.15, -0.1) is 0 Å². The van der Waals surface area contributed by atoms with Crippen LogP contribution in [0, 0.1) is 0 Å².